The van der Waals surface area contributed by atoms with Gasteiger partial charge in [-0.3, -0.25) is 0 Å². The first-order valence-corrected chi connectivity index (χ1v) is 13.4. The smallest absolute Gasteiger partial charge is 0.123 e. The molecule has 0 amide bonds. The SMILES string of the molecule is Oc1ccccc1-c1c(P(C2CCCCC2)C2CCCCC2)ccc2ccccc12. The summed E-state index contributed by atoms with van der Waals surface area (Å²) in [7, 11) is -0.233. The van der Waals surface area contributed by atoms with Crippen molar-refractivity contribution in [1.29, 1.82) is 0 Å². The molecule has 0 bridgehead atoms. The van der Waals surface area contributed by atoms with Crippen molar-refractivity contribution >= 4 is 24.0 Å². The zero-order chi connectivity index (χ0) is 20.3. The van der Waals surface area contributed by atoms with Gasteiger partial charge in [-0.05, 0) is 59.1 Å². The lowest BCUT2D eigenvalue weighted by molar-refractivity contribution is 0.477. The van der Waals surface area contributed by atoms with Crippen molar-refractivity contribution in [2.24, 2.45) is 0 Å². The molecule has 2 heteroatoms. The first-order valence-electron chi connectivity index (χ1n) is 11.9. The van der Waals surface area contributed by atoms with Gasteiger partial charge >= 0.3 is 0 Å². The first kappa shape index (κ1) is 20.1. The van der Waals surface area contributed by atoms with Crippen LogP contribution >= 0.6 is 7.92 Å². The van der Waals surface area contributed by atoms with Crippen LogP contribution < -0.4 is 5.30 Å². The van der Waals surface area contributed by atoms with Crippen LogP contribution in [0.15, 0.2) is 60.7 Å². The lowest BCUT2D eigenvalue weighted by atomic mass is 9.97. The molecule has 2 saturated carbocycles. The van der Waals surface area contributed by atoms with Crippen molar-refractivity contribution in [2.45, 2.75) is 75.5 Å². The van der Waals surface area contributed by atoms with Crippen molar-refractivity contribution in [3.63, 3.8) is 0 Å². The Morgan fingerprint density at radius 2 is 1.23 bits per heavy atom. The van der Waals surface area contributed by atoms with Gasteiger partial charge in [0.2, 0.25) is 0 Å². The molecule has 3 aromatic carbocycles. The fourth-order valence-corrected chi connectivity index (χ4v) is 9.83. The summed E-state index contributed by atoms with van der Waals surface area (Å²) in [6.07, 6.45) is 14.0. The average molecular weight is 417 g/mol. The zero-order valence-electron chi connectivity index (χ0n) is 17.9. The molecule has 156 valence electrons. The maximum absolute atomic E-state index is 10.9. The van der Waals surface area contributed by atoms with E-state index in [1.165, 1.54) is 80.5 Å². The zero-order valence-corrected chi connectivity index (χ0v) is 18.8. The Morgan fingerprint density at radius 3 is 1.90 bits per heavy atom. The van der Waals surface area contributed by atoms with E-state index >= 15 is 0 Å². The highest BCUT2D eigenvalue weighted by Crippen LogP contribution is 2.57. The van der Waals surface area contributed by atoms with E-state index in [0.717, 1.165) is 16.9 Å². The fraction of sp³-hybridized carbons (Fsp3) is 0.429. The lowest BCUT2D eigenvalue weighted by Gasteiger charge is -2.40. The van der Waals surface area contributed by atoms with Gasteiger partial charge < -0.3 is 5.11 Å². The minimum Gasteiger partial charge on any atom is -0.507 e. The summed E-state index contributed by atoms with van der Waals surface area (Å²) in [6.45, 7) is 0. The number of benzene rings is 3. The maximum atomic E-state index is 10.9. The Balaban J connectivity index is 1.72. The van der Waals surface area contributed by atoms with E-state index in [1.807, 2.05) is 12.1 Å². The summed E-state index contributed by atoms with van der Waals surface area (Å²) in [5.74, 6) is 0.414. The summed E-state index contributed by atoms with van der Waals surface area (Å²) in [6, 6.07) is 21.5. The third-order valence-corrected chi connectivity index (χ3v) is 10.8. The molecule has 3 aromatic rings. The van der Waals surface area contributed by atoms with Gasteiger partial charge in [0, 0.05) is 11.1 Å². The molecule has 0 heterocycles. The second-order valence-electron chi connectivity index (χ2n) is 9.19. The van der Waals surface area contributed by atoms with Crippen molar-refractivity contribution in [3.05, 3.63) is 60.7 Å². The summed E-state index contributed by atoms with van der Waals surface area (Å²) in [5, 5.41) is 15.0. The molecule has 30 heavy (non-hydrogen) atoms. The highest BCUT2D eigenvalue weighted by atomic mass is 31.1. The highest BCUT2D eigenvalue weighted by Gasteiger charge is 2.34. The van der Waals surface area contributed by atoms with Crippen molar-refractivity contribution in [2.75, 3.05) is 0 Å². The Labute approximate surface area is 182 Å². The van der Waals surface area contributed by atoms with Crippen molar-refractivity contribution < 1.29 is 5.11 Å². The third kappa shape index (κ3) is 3.90. The second-order valence-corrected chi connectivity index (χ2v) is 11.9. The van der Waals surface area contributed by atoms with Gasteiger partial charge in [0.15, 0.2) is 0 Å². The molecule has 5 rings (SSSR count). The number of hydrogen-bond acceptors (Lipinski definition) is 1. The summed E-state index contributed by atoms with van der Waals surface area (Å²) in [4.78, 5) is 0. The number of aromatic hydroxyl groups is 1. The van der Waals surface area contributed by atoms with E-state index in [1.54, 1.807) is 5.30 Å². The second kappa shape index (κ2) is 9.11. The van der Waals surface area contributed by atoms with Crippen LogP contribution in [0.3, 0.4) is 0 Å². The maximum Gasteiger partial charge on any atom is 0.123 e. The Morgan fingerprint density at radius 1 is 0.633 bits per heavy atom. The molecule has 2 aliphatic carbocycles. The largest absolute Gasteiger partial charge is 0.507 e. The van der Waals surface area contributed by atoms with Gasteiger partial charge in [-0.1, -0.05) is 101 Å². The average Bonchev–Trinajstić information content (AvgIpc) is 2.81. The minimum absolute atomic E-state index is 0.233. The minimum atomic E-state index is -0.233. The van der Waals surface area contributed by atoms with Gasteiger partial charge in [-0.2, -0.15) is 0 Å². The van der Waals surface area contributed by atoms with Crippen LogP contribution in [0.1, 0.15) is 64.2 Å². The predicted molar refractivity (Wildman–Crippen MR) is 131 cm³/mol. The quantitative estimate of drug-likeness (QED) is 0.427. The molecule has 0 radical (unpaired) electrons. The highest BCUT2D eigenvalue weighted by molar-refractivity contribution is 7.67. The van der Waals surface area contributed by atoms with Gasteiger partial charge in [0.25, 0.3) is 0 Å². The molecular weight excluding hydrogens is 383 g/mol. The van der Waals surface area contributed by atoms with Crippen LogP contribution in [-0.4, -0.2) is 16.4 Å². The number of phenols is 1. The topological polar surface area (TPSA) is 20.2 Å². The van der Waals surface area contributed by atoms with E-state index in [9.17, 15) is 5.11 Å². The number of rotatable bonds is 4. The van der Waals surface area contributed by atoms with Crippen molar-refractivity contribution in [1.82, 2.24) is 0 Å². The molecule has 0 atom stereocenters. The van der Waals surface area contributed by atoms with E-state index in [2.05, 4.69) is 48.5 Å². The van der Waals surface area contributed by atoms with Crippen LogP contribution in [0.4, 0.5) is 0 Å². The van der Waals surface area contributed by atoms with E-state index in [-0.39, 0.29) is 7.92 Å². The van der Waals surface area contributed by atoms with E-state index in [4.69, 9.17) is 0 Å². The Bertz CT molecular complexity index is 980. The van der Waals surface area contributed by atoms with Gasteiger partial charge in [-0.15, -0.1) is 0 Å². The monoisotopic (exact) mass is 416 g/mol. The fourth-order valence-electron chi connectivity index (χ4n) is 5.85. The Kier molecular flexibility index (Phi) is 6.09. The molecule has 1 nitrogen and oxygen atoms in total. The number of phenolic OH excluding ortho intramolecular Hbond substituents is 1. The molecule has 2 fully saturated rings. The molecule has 0 aliphatic heterocycles. The normalized spacial score (nSPS) is 18.8. The molecule has 0 saturated heterocycles. The van der Waals surface area contributed by atoms with E-state index in [0.29, 0.717) is 5.75 Å². The van der Waals surface area contributed by atoms with Crippen molar-refractivity contribution in [3.8, 4) is 16.9 Å². The van der Waals surface area contributed by atoms with E-state index < -0.39 is 0 Å². The number of hydrogen-bond donors (Lipinski definition) is 1. The molecule has 0 unspecified atom stereocenters. The van der Waals surface area contributed by atoms with Crippen LogP contribution in [-0.2, 0) is 0 Å². The predicted octanol–water partition coefficient (Wildman–Crippen LogP) is 7.99. The van der Waals surface area contributed by atoms with Crippen LogP contribution in [0.25, 0.3) is 21.9 Å². The van der Waals surface area contributed by atoms with Gasteiger partial charge in [0.1, 0.15) is 5.75 Å². The van der Waals surface area contributed by atoms with Crippen LogP contribution in [0.2, 0.25) is 0 Å². The first-order chi connectivity index (χ1) is 14.8. The third-order valence-electron chi connectivity index (χ3n) is 7.29. The van der Waals surface area contributed by atoms with Crippen LogP contribution in [0, 0.1) is 0 Å². The molecule has 1 N–H and O–H groups in total. The standard InChI is InChI=1S/C28H33OP/c29-26-18-10-9-17-25(26)28-24-16-8-7-11-21(24)19-20-27(28)30(22-12-3-1-4-13-22)23-14-5-2-6-15-23/h7-11,16-20,22-23,29H,1-6,12-15H2. The lowest BCUT2D eigenvalue weighted by Crippen LogP contribution is -2.27. The number of para-hydroxylation sites is 1. The van der Waals surface area contributed by atoms with Crippen LogP contribution in [0.5, 0.6) is 5.75 Å². The molecule has 2 aliphatic rings. The molecular formula is C28H33OP. The Hall–Kier alpha value is -1.85. The molecule has 0 aromatic heterocycles. The summed E-state index contributed by atoms with van der Waals surface area (Å²) in [5.41, 5.74) is 4.03. The van der Waals surface area contributed by atoms with Gasteiger partial charge in [-0.25, -0.2) is 0 Å². The summed E-state index contributed by atoms with van der Waals surface area (Å²) < 4.78 is 0. The number of fused-ring (bicyclic) bond motifs is 1. The summed E-state index contributed by atoms with van der Waals surface area (Å²) >= 11 is 0. The van der Waals surface area contributed by atoms with Gasteiger partial charge in [0.05, 0.1) is 0 Å². The molecule has 0 spiro atoms.